The van der Waals surface area contributed by atoms with Crippen LogP contribution in [0.5, 0.6) is 0 Å². The largest absolute Gasteiger partial charge is 0.469 e. The fourth-order valence-corrected chi connectivity index (χ4v) is 1.77. The highest BCUT2D eigenvalue weighted by atomic mass is 16.3. The van der Waals surface area contributed by atoms with Gasteiger partial charge in [0.05, 0.1) is 6.26 Å². The van der Waals surface area contributed by atoms with Gasteiger partial charge in [-0.2, -0.15) is 5.10 Å². The number of nitrogens with zero attached hydrogens (tertiary/aromatic N) is 2. The Labute approximate surface area is 95.1 Å². The number of hydrogen-bond acceptors (Lipinski definition) is 3. The highest BCUT2D eigenvalue weighted by molar-refractivity contribution is 5.16. The molecule has 2 rings (SSSR count). The van der Waals surface area contributed by atoms with Gasteiger partial charge in [0, 0.05) is 30.5 Å². The normalized spacial score (nSPS) is 12.9. The van der Waals surface area contributed by atoms with Crippen molar-refractivity contribution >= 4 is 0 Å². The predicted octanol–water partition coefficient (Wildman–Crippen LogP) is 1.95. The van der Waals surface area contributed by atoms with Gasteiger partial charge < -0.3 is 10.2 Å². The molecule has 86 valence electrons. The lowest BCUT2D eigenvalue weighted by Gasteiger charge is -2.08. The van der Waals surface area contributed by atoms with E-state index in [2.05, 4.69) is 5.10 Å². The van der Waals surface area contributed by atoms with Crippen LogP contribution < -0.4 is 5.73 Å². The highest BCUT2D eigenvalue weighted by Gasteiger charge is 2.09. The second kappa shape index (κ2) is 4.53. The summed E-state index contributed by atoms with van der Waals surface area (Å²) in [5.74, 6) is 0.908. The van der Waals surface area contributed by atoms with Crippen LogP contribution in [0.25, 0.3) is 0 Å². The Morgan fingerprint density at radius 2 is 2.38 bits per heavy atom. The summed E-state index contributed by atoms with van der Waals surface area (Å²) in [6, 6.07) is 4.05. The van der Waals surface area contributed by atoms with Gasteiger partial charge in [0.15, 0.2) is 0 Å². The van der Waals surface area contributed by atoms with E-state index < -0.39 is 0 Å². The van der Waals surface area contributed by atoms with Gasteiger partial charge in [-0.25, -0.2) is 0 Å². The lowest BCUT2D eigenvalue weighted by Crippen LogP contribution is -2.11. The lowest BCUT2D eigenvalue weighted by molar-refractivity contribution is 0.525. The zero-order valence-electron chi connectivity index (χ0n) is 9.68. The van der Waals surface area contributed by atoms with Crippen LogP contribution in [0.3, 0.4) is 0 Å². The molecule has 0 radical (unpaired) electrons. The van der Waals surface area contributed by atoms with Gasteiger partial charge in [-0.1, -0.05) is 0 Å². The second-order valence-electron chi connectivity index (χ2n) is 4.08. The van der Waals surface area contributed by atoms with Crippen LogP contribution >= 0.6 is 0 Å². The maximum atomic E-state index is 6.09. The molecule has 0 spiro atoms. The zero-order valence-corrected chi connectivity index (χ0v) is 9.68. The van der Waals surface area contributed by atoms with Gasteiger partial charge in [-0.05, 0) is 31.9 Å². The second-order valence-corrected chi connectivity index (χ2v) is 4.08. The number of aryl methyl sites for hydroxylation is 3. The Hall–Kier alpha value is -1.55. The molecule has 0 saturated heterocycles. The maximum Gasteiger partial charge on any atom is 0.101 e. The molecule has 0 aliphatic rings. The molecule has 2 aromatic heterocycles. The van der Waals surface area contributed by atoms with Crippen LogP contribution in [-0.4, -0.2) is 9.78 Å². The van der Waals surface area contributed by atoms with E-state index in [-0.39, 0.29) is 6.04 Å². The van der Waals surface area contributed by atoms with E-state index >= 15 is 0 Å². The van der Waals surface area contributed by atoms with Crippen LogP contribution in [0.1, 0.15) is 29.5 Å². The maximum absolute atomic E-state index is 6.09. The predicted molar refractivity (Wildman–Crippen MR) is 61.9 cm³/mol. The first kappa shape index (κ1) is 11.0. The Bertz CT molecular complexity index is 458. The molecule has 2 heterocycles. The van der Waals surface area contributed by atoms with Crippen molar-refractivity contribution in [2.75, 3.05) is 0 Å². The monoisotopic (exact) mass is 219 g/mol. The summed E-state index contributed by atoms with van der Waals surface area (Å²) >= 11 is 0. The van der Waals surface area contributed by atoms with Crippen molar-refractivity contribution < 1.29 is 4.42 Å². The first-order valence-electron chi connectivity index (χ1n) is 5.44. The molecule has 0 saturated carbocycles. The number of rotatable bonds is 4. The Kier molecular flexibility index (Phi) is 3.10. The molecular formula is C12H17N3O. The molecular weight excluding hydrogens is 202 g/mol. The first-order valence-corrected chi connectivity index (χ1v) is 5.44. The van der Waals surface area contributed by atoms with Crippen molar-refractivity contribution in [2.45, 2.75) is 25.8 Å². The SMILES string of the molecule is Cc1cc(C(N)CCc2ccnn2C)co1. The Balaban J connectivity index is 1.93. The summed E-state index contributed by atoms with van der Waals surface area (Å²) in [6.07, 6.45) is 5.38. The van der Waals surface area contributed by atoms with Gasteiger partial charge >= 0.3 is 0 Å². The van der Waals surface area contributed by atoms with E-state index in [4.69, 9.17) is 10.2 Å². The van der Waals surface area contributed by atoms with Crippen molar-refractivity contribution in [3.63, 3.8) is 0 Å². The molecule has 0 fully saturated rings. The highest BCUT2D eigenvalue weighted by Crippen LogP contribution is 2.18. The summed E-state index contributed by atoms with van der Waals surface area (Å²) in [5, 5.41) is 4.13. The average Bonchev–Trinajstić information content (AvgIpc) is 2.84. The van der Waals surface area contributed by atoms with Crippen LogP contribution in [-0.2, 0) is 13.5 Å². The van der Waals surface area contributed by atoms with Crippen molar-refractivity contribution in [3.05, 3.63) is 41.6 Å². The number of furan rings is 1. The fraction of sp³-hybridized carbons (Fsp3) is 0.417. The average molecular weight is 219 g/mol. The standard InChI is InChI=1S/C12H17N3O/c1-9-7-10(8-16-9)12(13)4-3-11-5-6-14-15(11)2/h5-8,12H,3-4,13H2,1-2H3. The third-order valence-electron chi connectivity index (χ3n) is 2.81. The summed E-state index contributed by atoms with van der Waals surface area (Å²) in [5.41, 5.74) is 8.36. The van der Waals surface area contributed by atoms with Crippen molar-refractivity contribution in [3.8, 4) is 0 Å². The van der Waals surface area contributed by atoms with Gasteiger partial charge in [-0.15, -0.1) is 0 Å². The quantitative estimate of drug-likeness (QED) is 0.855. The summed E-state index contributed by atoms with van der Waals surface area (Å²) in [6.45, 7) is 1.93. The van der Waals surface area contributed by atoms with E-state index in [1.807, 2.05) is 37.0 Å². The van der Waals surface area contributed by atoms with Gasteiger partial charge in [-0.3, -0.25) is 4.68 Å². The number of hydrogen-bond donors (Lipinski definition) is 1. The zero-order chi connectivity index (χ0) is 11.5. The van der Waals surface area contributed by atoms with Crippen LogP contribution in [0, 0.1) is 6.92 Å². The molecule has 4 heteroatoms. The third kappa shape index (κ3) is 2.33. The molecule has 4 nitrogen and oxygen atoms in total. The van der Waals surface area contributed by atoms with Crippen LogP contribution in [0.15, 0.2) is 29.0 Å². The topological polar surface area (TPSA) is 57.0 Å². The minimum Gasteiger partial charge on any atom is -0.469 e. The molecule has 16 heavy (non-hydrogen) atoms. The molecule has 1 atom stereocenters. The van der Waals surface area contributed by atoms with Gasteiger partial charge in [0.25, 0.3) is 0 Å². The third-order valence-corrected chi connectivity index (χ3v) is 2.81. The van der Waals surface area contributed by atoms with Crippen molar-refractivity contribution in [1.29, 1.82) is 0 Å². The van der Waals surface area contributed by atoms with Gasteiger partial charge in [0.1, 0.15) is 5.76 Å². The van der Waals surface area contributed by atoms with Crippen LogP contribution in [0.2, 0.25) is 0 Å². The van der Waals surface area contributed by atoms with Crippen molar-refractivity contribution in [2.24, 2.45) is 12.8 Å². The van der Waals surface area contributed by atoms with E-state index in [0.717, 1.165) is 24.2 Å². The van der Waals surface area contributed by atoms with E-state index in [1.54, 1.807) is 6.26 Å². The van der Waals surface area contributed by atoms with E-state index in [9.17, 15) is 0 Å². The lowest BCUT2D eigenvalue weighted by atomic mass is 10.0. The molecule has 0 aliphatic carbocycles. The number of aromatic nitrogens is 2. The Morgan fingerprint density at radius 3 is 2.94 bits per heavy atom. The summed E-state index contributed by atoms with van der Waals surface area (Å²) < 4.78 is 7.13. The number of nitrogens with two attached hydrogens (primary N) is 1. The molecule has 2 aromatic rings. The fourth-order valence-electron chi connectivity index (χ4n) is 1.77. The minimum atomic E-state index is 0.0346. The van der Waals surface area contributed by atoms with Gasteiger partial charge in [0.2, 0.25) is 0 Å². The molecule has 0 bridgehead atoms. The molecule has 1 unspecified atom stereocenters. The Morgan fingerprint density at radius 1 is 1.56 bits per heavy atom. The minimum absolute atomic E-state index is 0.0346. The van der Waals surface area contributed by atoms with Crippen LogP contribution in [0.4, 0.5) is 0 Å². The molecule has 2 N–H and O–H groups in total. The summed E-state index contributed by atoms with van der Waals surface area (Å²) in [4.78, 5) is 0. The van der Waals surface area contributed by atoms with E-state index in [0.29, 0.717) is 0 Å². The van der Waals surface area contributed by atoms with E-state index in [1.165, 1.54) is 5.69 Å². The first-order chi connectivity index (χ1) is 7.66. The van der Waals surface area contributed by atoms with Crippen molar-refractivity contribution in [1.82, 2.24) is 9.78 Å². The molecule has 0 amide bonds. The molecule has 0 aromatic carbocycles. The summed E-state index contributed by atoms with van der Waals surface area (Å²) in [7, 11) is 1.95. The molecule has 0 aliphatic heterocycles. The smallest absolute Gasteiger partial charge is 0.101 e.